The average Bonchev–Trinajstić information content (AvgIpc) is 2.47. The third kappa shape index (κ3) is 3.76. The molecule has 0 saturated carbocycles. The van der Waals surface area contributed by atoms with E-state index in [-0.39, 0.29) is 0 Å². The van der Waals surface area contributed by atoms with Crippen LogP contribution in [0.3, 0.4) is 0 Å². The summed E-state index contributed by atoms with van der Waals surface area (Å²) in [4.78, 5) is 0. The lowest BCUT2D eigenvalue weighted by atomic mass is 9.98. The number of hydrogen-bond donors (Lipinski definition) is 1. The maximum absolute atomic E-state index is 12.5. The van der Waals surface area contributed by atoms with Gasteiger partial charge in [-0.15, -0.1) is 0 Å². The molecule has 0 spiro atoms. The van der Waals surface area contributed by atoms with E-state index >= 15 is 0 Å². The van der Waals surface area contributed by atoms with Gasteiger partial charge in [0, 0.05) is 0 Å². The van der Waals surface area contributed by atoms with Gasteiger partial charge in [0.05, 0.1) is 18.2 Å². The molecule has 112 valence electrons. The predicted octanol–water partition coefficient (Wildman–Crippen LogP) is 4.15. The van der Waals surface area contributed by atoms with Crippen LogP contribution in [0.4, 0.5) is 13.2 Å². The van der Waals surface area contributed by atoms with Crippen molar-refractivity contribution < 1.29 is 17.9 Å². The molecule has 0 aliphatic rings. The Labute approximate surface area is 121 Å². The van der Waals surface area contributed by atoms with Gasteiger partial charge in [0.25, 0.3) is 0 Å². The van der Waals surface area contributed by atoms with E-state index in [2.05, 4.69) is 0 Å². The highest BCUT2D eigenvalue weighted by Crippen LogP contribution is 2.30. The minimum absolute atomic E-state index is 0.469. The lowest BCUT2D eigenvalue weighted by molar-refractivity contribution is -0.137. The first-order chi connectivity index (χ1) is 9.91. The van der Waals surface area contributed by atoms with Crippen LogP contribution in [0.25, 0.3) is 0 Å². The van der Waals surface area contributed by atoms with Crippen LogP contribution in [-0.4, -0.2) is 6.61 Å². The third-order valence-corrected chi connectivity index (χ3v) is 3.15. The minimum Gasteiger partial charge on any atom is -0.494 e. The molecule has 2 rings (SSSR count). The number of ether oxygens (including phenoxy) is 1. The van der Waals surface area contributed by atoms with Crippen LogP contribution in [0.1, 0.15) is 29.7 Å². The highest BCUT2D eigenvalue weighted by atomic mass is 19.4. The van der Waals surface area contributed by atoms with Crippen molar-refractivity contribution in [3.63, 3.8) is 0 Å². The van der Waals surface area contributed by atoms with Crippen molar-refractivity contribution in [2.75, 3.05) is 6.61 Å². The molecule has 0 aliphatic heterocycles. The Balaban J connectivity index is 2.17. The first-order valence-corrected chi connectivity index (χ1v) is 6.57. The standard InChI is InChI=1S/C16H16F3NO/c1-2-21-14-9-5-12(6-10-14)15(20)11-3-7-13(8-4-11)16(17,18)19/h3-10,15H,2,20H2,1H3. The van der Waals surface area contributed by atoms with Gasteiger partial charge in [-0.05, 0) is 42.3 Å². The molecule has 0 fully saturated rings. The van der Waals surface area contributed by atoms with Gasteiger partial charge in [0.15, 0.2) is 0 Å². The van der Waals surface area contributed by atoms with Crippen LogP contribution in [0.2, 0.25) is 0 Å². The van der Waals surface area contributed by atoms with Crippen molar-refractivity contribution in [1.82, 2.24) is 0 Å². The fourth-order valence-electron chi connectivity index (χ4n) is 2.01. The summed E-state index contributed by atoms with van der Waals surface area (Å²) in [5.74, 6) is 0.737. The molecule has 2 aromatic carbocycles. The maximum Gasteiger partial charge on any atom is 0.416 e. The summed E-state index contributed by atoms with van der Waals surface area (Å²) in [6.45, 7) is 2.46. The molecule has 5 heteroatoms. The largest absolute Gasteiger partial charge is 0.494 e. The quantitative estimate of drug-likeness (QED) is 0.919. The Morgan fingerprint density at radius 3 is 1.86 bits per heavy atom. The molecular weight excluding hydrogens is 279 g/mol. The molecule has 0 bridgehead atoms. The Morgan fingerprint density at radius 1 is 0.952 bits per heavy atom. The third-order valence-electron chi connectivity index (χ3n) is 3.15. The van der Waals surface area contributed by atoms with E-state index in [1.54, 1.807) is 12.1 Å². The van der Waals surface area contributed by atoms with Crippen LogP contribution in [0.15, 0.2) is 48.5 Å². The van der Waals surface area contributed by atoms with Gasteiger partial charge in [0.1, 0.15) is 5.75 Å². The summed E-state index contributed by atoms with van der Waals surface area (Å²) in [5, 5.41) is 0. The fourth-order valence-corrected chi connectivity index (χ4v) is 2.01. The Morgan fingerprint density at radius 2 is 1.43 bits per heavy atom. The van der Waals surface area contributed by atoms with E-state index in [0.717, 1.165) is 23.4 Å². The van der Waals surface area contributed by atoms with Crippen molar-refractivity contribution in [2.24, 2.45) is 5.73 Å². The van der Waals surface area contributed by atoms with E-state index in [9.17, 15) is 13.2 Å². The molecule has 2 aromatic rings. The molecule has 0 amide bonds. The summed E-state index contributed by atoms with van der Waals surface area (Å²) >= 11 is 0. The molecule has 0 aromatic heterocycles. The van der Waals surface area contributed by atoms with E-state index in [1.807, 2.05) is 19.1 Å². The highest BCUT2D eigenvalue weighted by Gasteiger charge is 2.30. The molecule has 2 nitrogen and oxygen atoms in total. The summed E-state index contributed by atoms with van der Waals surface area (Å²) in [6.07, 6.45) is -4.33. The zero-order valence-corrected chi connectivity index (χ0v) is 11.5. The van der Waals surface area contributed by atoms with Gasteiger partial charge in [-0.2, -0.15) is 13.2 Å². The molecule has 0 radical (unpaired) electrons. The van der Waals surface area contributed by atoms with E-state index in [4.69, 9.17) is 10.5 Å². The number of halogens is 3. The van der Waals surface area contributed by atoms with Crippen LogP contribution in [-0.2, 0) is 6.18 Å². The van der Waals surface area contributed by atoms with Crippen LogP contribution in [0, 0.1) is 0 Å². The van der Waals surface area contributed by atoms with E-state index in [0.29, 0.717) is 12.2 Å². The average molecular weight is 295 g/mol. The first kappa shape index (κ1) is 15.4. The van der Waals surface area contributed by atoms with Gasteiger partial charge >= 0.3 is 6.18 Å². The highest BCUT2D eigenvalue weighted by molar-refractivity contribution is 5.36. The zero-order chi connectivity index (χ0) is 15.5. The van der Waals surface area contributed by atoms with Gasteiger partial charge < -0.3 is 10.5 Å². The van der Waals surface area contributed by atoms with Gasteiger partial charge in [0.2, 0.25) is 0 Å². The second-order valence-corrected chi connectivity index (χ2v) is 4.60. The number of rotatable bonds is 4. The molecule has 21 heavy (non-hydrogen) atoms. The molecular formula is C16H16F3NO. The van der Waals surface area contributed by atoms with Gasteiger partial charge in [-0.1, -0.05) is 24.3 Å². The molecule has 1 atom stereocenters. The maximum atomic E-state index is 12.5. The summed E-state index contributed by atoms with van der Waals surface area (Å²) in [7, 11) is 0. The zero-order valence-electron chi connectivity index (χ0n) is 11.5. The second-order valence-electron chi connectivity index (χ2n) is 4.60. The fraction of sp³-hybridized carbons (Fsp3) is 0.250. The first-order valence-electron chi connectivity index (χ1n) is 6.57. The lowest BCUT2D eigenvalue weighted by Gasteiger charge is -2.14. The Hall–Kier alpha value is -2.01. The lowest BCUT2D eigenvalue weighted by Crippen LogP contribution is -2.12. The molecule has 2 N–H and O–H groups in total. The SMILES string of the molecule is CCOc1ccc(C(N)c2ccc(C(F)(F)F)cc2)cc1. The second kappa shape index (κ2) is 6.18. The molecule has 0 aliphatic carbocycles. The molecule has 1 unspecified atom stereocenters. The number of benzene rings is 2. The van der Waals surface area contributed by atoms with Crippen LogP contribution >= 0.6 is 0 Å². The molecule has 0 heterocycles. The molecule has 0 saturated heterocycles. The van der Waals surface area contributed by atoms with Crippen LogP contribution in [0.5, 0.6) is 5.75 Å². The van der Waals surface area contributed by atoms with Crippen LogP contribution < -0.4 is 10.5 Å². The summed E-state index contributed by atoms with van der Waals surface area (Å²) < 4.78 is 42.9. The topological polar surface area (TPSA) is 35.2 Å². The van der Waals surface area contributed by atoms with Crippen molar-refractivity contribution in [3.05, 3.63) is 65.2 Å². The predicted molar refractivity (Wildman–Crippen MR) is 75.1 cm³/mol. The van der Waals surface area contributed by atoms with Gasteiger partial charge in [-0.25, -0.2) is 0 Å². The van der Waals surface area contributed by atoms with Crippen molar-refractivity contribution in [1.29, 1.82) is 0 Å². The van der Waals surface area contributed by atoms with Crippen molar-refractivity contribution in [3.8, 4) is 5.75 Å². The number of alkyl halides is 3. The van der Waals surface area contributed by atoms with Gasteiger partial charge in [-0.3, -0.25) is 0 Å². The van der Waals surface area contributed by atoms with E-state index in [1.165, 1.54) is 12.1 Å². The smallest absolute Gasteiger partial charge is 0.416 e. The number of hydrogen-bond acceptors (Lipinski definition) is 2. The summed E-state index contributed by atoms with van der Waals surface area (Å²) in [5.41, 5.74) is 6.85. The van der Waals surface area contributed by atoms with Crippen molar-refractivity contribution >= 4 is 0 Å². The van der Waals surface area contributed by atoms with Crippen molar-refractivity contribution in [2.45, 2.75) is 19.1 Å². The number of nitrogens with two attached hydrogens (primary N) is 1. The summed E-state index contributed by atoms with van der Waals surface area (Å²) in [6, 6.07) is 11.6. The monoisotopic (exact) mass is 295 g/mol. The Kier molecular flexibility index (Phi) is 4.53. The minimum atomic E-state index is -4.33. The Bertz CT molecular complexity index is 576. The van der Waals surface area contributed by atoms with E-state index < -0.39 is 17.8 Å². The normalized spacial score (nSPS) is 13.0.